The summed E-state index contributed by atoms with van der Waals surface area (Å²) in [5.74, 6) is 1.43. The van der Waals surface area contributed by atoms with Crippen molar-refractivity contribution in [1.29, 1.82) is 0 Å². The third-order valence-corrected chi connectivity index (χ3v) is 4.60. The largest absolute Gasteiger partial charge is 0.492 e. The summed E-state index contributed by atoms with van der Waals surface area (Å²) in [5.41, 5.74) is 9.03. The van der Waals surface area contributed by atoms with E-state index in [1.807, 2.05) is 0 Å². The second kappa shape index (κ2) is 4.50. The van der Waals surface area contributed by atoms with Crippen LogP contribution in [0.25, 0.3) is 0 Å². The van der Waals surface area contributed by atoms with Crippen molar-refractivity contribution >= 4 is 0 Å². The molecule has 1 fully saturated rings. The third kappa shape index (κ3) is 2.15. The highest BCUT2D eigenvalue weighted by atomic mass is 16.5. The topological polar surface area (TPSA) is 44.5 Å². The number of fused-ring (bicyclic) bond motifs is 1. The summed E-state index contributed by atoms with van der Waals surface area (Å²) >= 11 is 0. The van der Waals surface area contributed by atoms with Gasteiger partial charge in [-0.2, -0.15) is 0 Å². The van der Waals surface area contributed by atoms with Crippen molar-refractivity contribution in [2.24, 2.45) is 11.7 Å². The van der Waals surface area contributed by atoms with Crippen LogP contribution in [0.3, 0.4) is 0 Å². The van der Waals surface area contributed by atoms with E-state index >= 15 is 0 Å². The number of hydrogen-bond donors (Lipinski definition) is 1. The van der Waals surface area contributed by atoms with Crippen LogP contribution in [0.1, 0.15) is 44.4 Å². The molecular weight excluding hydrogens is 238 g/mol. The molecule has 104 valence electrons. The highest BCUT2D eigenvalue weighted by Crippen LogP contribution is 2.41. The number of ether oxygens (including phenoxy) is 2. The van der Waals surface area contributed by atoms with Gasteiger partial charge in [0.1, 0.15) is 5.75 Å². The Balaban J connectivity index is 1.90. The molecule has 0 spiro atoms. The minimum Gasteiger partial charge on any atom is -0.492 e. The number of hydrogen-bond acceptors (Lipinski definition) is 3. The number of benzene rings is 1. The lowest BCUT2D eigenvalue weighted by Gasteiger charge is -2.24. The molecule has 0 aliphatic carbocycles. The molecule has 2 heterocycles. The van der Waals surface area contributed by atoms with E-state index in [0.29, 0.717) is 5.92 Å². The van der Waals surface area contributed by atoms with Crippen LogP contribution in [0.5, 0.6) is 5.75 Å². The summed E-state index contributed by atoms with van der Waals surface area (Å²) in [7, 11) is 0. The molecule has 1 saturated heterocycles. The Labute approximate surface area is 115 Å². The molecule has 0 bridgehead atoms. The van der Waals surface area contributed by atoms with Gasteiger partial charge in [-0.15, -0.1) is 0 Å². The summed E-state index contributed by atoms with van der Waals surface area (Å²) < 4.78 is 11.4. The van der Waals surface area contributed by atoms with Gasteiger partial charge in [0, 0.05) is 29.5 Å². The molecule has 3 nitrogen and oxygen atoms in total. The van der Waals surface area contributed by atoms with Crippen LogP contribution in [0.15, 0.2) is 18.2 Å². The summed E-state index contributed by atoms with van der Waals surface area (Å²) in [6, 6.07) is 6.47. The maximum Gasteiger partial charge on any atom is 0.123 e. The highest BCUT2D eigenvalue weighted by molar-refractivity contribution is 5.46. The van der Waals surface area contributed by atoms with Crippen molar-refractivity contribution in [3.05, 3.63) is 29.3 Å². The van der Waals surface area contributed by atoms with E-state index in [0.717, 1.165) is 25.4 Å². The van der Waals surface area contributed by atoms with Crippen molar-refractivity contribution in [2.75, 3.05) is 13.2 Å². The predicted molar refractivity (Wildman–Crippen MR) is 75.4 cm³/mol. The Hall–Kier alpha value is -1.06. The molecule has 3 rings (SSSR count). The van der Waals surface area contributed by atoms with Crippen LogP contribution >= 0.6 is 0 Å². The van der Waals surface area contributed by atoms with Crippen LogP contribution in [0, 0.1) is 5.92 Å². The lowest BCUT2D eigenvalue weighted by molar-refractivity contribution is 0.0995. The fraction of sp³-hybridized carbons (Fsp3) is 0.625. The zero-order chi connectivity index (χ0) is 13.6. The first-order valence-corrected chi connectivity index (χ1v) is 7.13. The molecule has 0 saturated carbocycles. The molecule has 19 heavy (non-hydrogen) atoms. The maximum atomic E-state index is 6.45. The summed E-state index contributed by atoms with van der Waals surface area (Å²) in [5, 5.41) is 0. The van der Waals surface area contributed by atoms with Crippen molar-refractivity contribution in [3.63, 3.8) is 0 Å². The lowest BCUT2D eigenvalue weighted by Crippen LogP contribution is -2.27. The van der Waals surface area contributed by atoms with Gasteiger partial charge < -0.3 is 15.2 Å². The predicted octanol–water partition coefficient (Wildman–Crippen LogP) is 2.78. The van der Waals surface area contributed by atoms with Crippen molar-refractivity contribution in [3.8, 4) is 5.75 Å². The molecule has 1 aromatic rings. The Bertz CT molecular complexity index is 484. The summed E-state index contributed by atoms with van der Waals surface area (Å²) in [6.45, 7) is 8.14. The minimum atomic E-state index is 0.0548. The minimum absolute atomic E-state index is 0.0548. The van der Waals surface area contributed by atoms with Gasteiger partial charge in [0.2, 0.25) is 0 Å². The van der Waals surface area contributed by atoms with E-state index < -0.39 is 0 Å². The average molecular weight is 261 g/mol. The summed E-state index contributed by atoms with van der Waals surface area (Å²) in [4.78, 5) is 0. The van der Waals surface area contributed by atoms with Crippen molar-refractivity contribution in [1.82, 2.24) is 0 Å². The molecule has 2 aliphatic heterocycles. The Kier molecular flexibility index (Phi) is 3.06. The zero-order valence-electron chi connectivity index (χ0n) is 12.0. The van der Waals surface area contributed by atoms with E-state index in [1.54, 1.807) is 0 Å². The molecule has 3 atom stereocenters. The number of nitrogens with two attached hydrogens (primary N) is 1. The molecule has 0 amide bonds. The van der Waals surface area contributed by atoms with Gasteiger partial charge in [-0.05, 0) is 31.0 Å². The van der Waals surface area contributed by atoms with E-state index in [9.17, 15) is 0 Å². The van der Waals surface area contributed by atoms with Crippen LogP contribution in [-0.4, -0.2) is 19.3 Å². The van der Waals surface area contributed by atoms with Gasteiger partial charge in [-0.1, -0.05) is 19.9 Å². The van der Waals surface area contributed by atoms with Crippen molar-refractivity contribution < 1.29 is 9.47 Å². The molecule has 1 aromatic carbocycles. The first kappa shape index (κ1) is 12.9. The lowest BCUT2D eigenvalue weighted by atomic mass is 9.83. The van der Waals surface area contributed by atoms with Crippen LogP contribution in [0.4, 0.5) is 0 Å². The fourth-order valence-corrected chi connectivity index (χ4v) is 3.21. The van der Waals surface area contributed by atoms with Gasteiger partial charge in [0.15, 0.2) is 0 Å². The quantitative estimate of drug-likeness (QED) is 0.890. The first-order chi connectivity index (χ1) is 8.99. The molecule has 2 N–H and O–H groups in total. The van der Waals surface area contributed by atoms with E-state index in [4.69, 9.17) is 15.2 Å². The highest BCUT2D eigenvalue weighted by Gasteiger charge is 2.34. The Morgan fingerprint density at radius 1 is 1.37 bits per heavy atom. The van der Waals surface area contributed by atoms with Gasteiger partial charge in [0.25, 0.3) is 0 Å². The van der Waals surface area contributed by atoms with Gasteiger partial charge >= 0.3 is 0 Å². The SMILES string of the molecule is CC1OCCC1C(N)c1ccc2c(c1)C(C)(C)CO2. The van der Waals surface area contributed by atoms with Crippen LogP contribution in [0.2, 0.25) is 0 Å². The molecule has 0 aromatic heterocycles. The standard InChI is InChI=1S/C16H23NO2/c1-10-12(6-7-18-10)15(17)11-4-5-14-13(8-11)16(2,3)9-19-14/h4-5,8,10,12,15H,6-7,9,17H2,1-3H3. The number of rotatable bonds is 2. The van der Waals surface area contributed by atoms with Crippen LogP contribution < -0.4 is 10.5 Å². The first-order valence-electron chi connectivity index (χ1n) is 7.13. The van der Waals surface area contributed by atoms with E-state index in [2.05, 4.69) is 39.0 Å². The molecule has 2 aliphatic rings. The molecular formula is C16H23NO2. The van der Waals surface area contributed by atoms with E-state index in [1.165, 1.54) is 11.1 Å². The molecule has 3 unspecified atom stereocenters. The molecule has 0 radical (unpaired) electrons. The smallest absolute Gasteiger partial charge is 0.123 e. The second-order valence-corrected chi connectivity index (χ2v) is 6.48. The zero-order valence-corrected chi connectivity index (χ0v) is 12.0. The average Bonchev–Trinajstić information content (AvgIpc) is 2.93. The third-order valence-electron chi connectivity index (χ3n) is 4.60. The maximum absolute atomic E-state index is 6.45. The van der Waals surface area contributed by atoms with Gasteiger partial charge in [0.05, 0.1) is 12.7 Å². The summed E-state index contributed by atoms with van der Waals surface area (Å²) in [6.07, 6.45) is 1.31. The van der Waals surface area contributed by atoms with Gasteiger partial charge in [-0.3, -0.25) is 0 Å². The monoisotopic (exact) mass is 261 g/mol. The van der Waals surface area contributed by atoms with E-state index in [-0.39, 0.29) is 17.6 Å². The fourth-order valence-electron chi connectivity index (χ4n) is 3.21. The van der Waals surface area contributed by atoms with Crippen LogP contribution in [-0.2, 0) is 10.2 Å². The second-order valence-electron chi connectivity index (χ2n) is 6.48. The van der Waals surface area contributed by atoms with Gasteiger partial charge in [-0.25, -0.2) is 0 Å². The van der Waals surface area contributed by atoms with Crippen molar-refractivity contribution in [2.45, 2.75) is 44.8 Å². The Morgan fingerprint density at radius 3 is 2.84 bits per heavy atom. The normalized spacial score (nSPS) is 29.9. The Morgan fingerprint density at radius 2 is 2.16 bits per heavy atom. The molecule has 3 heteroatoms.